The van der Waals surface area contributed by atoms with Gasteiger partial charge in [0.25, 0.3) is 0 Å². The molecule has 158 valence electrons. The summed E-state index contributed by atoms with van der Waals surface area (Å²) in [5, 5.41) is 2.77. The van der Waals surface area contributed by atoms with E-state index in [9.17, 15) is 13.2 Å². The van der Waals surface area contributed by atoms with Crippen LogP contribution in [0.1, 0.15) is 29.2 Å². The third kappa shape index (κ3) is 6.22. The number of nitrogens with one attached hydrogen (secondary N) is 1. The van der Waals surface area contributed by atoms with Crippen molar-refractivity contribution in [1.29, 1.82) is 0 Å². The molecule has 7 heteroatoms. The Labute approximate surface area is 173 Å². The van der Waals surface area contributed by atoms with Gasteiger partial charge >= 0.3 is 0 Å². The smallest absolute Gasteiger partial charge is 0.243 e. The summed E-state index contributed by atoms with van der Waals surface area (Å²) in [5.41, 5.74) is 4.54. The van der Waals surface area contributed by atoms with Crippen molar-refractivity contribution in [1.82, 2.24) is 5.32 Å². The fourth-order valence-corrected chi connectivity index (χ4v) is 4.49. The van der Waals surface area contributed by atoms with Crippen molar-refractivity contribution in [3.05, 3.63) is 58.7 Å². The van der Waals surface area contributed by atoms with Gasteiger partial charge < -0.3 is 10.1 Å². The number of carbonyl (C=O) groups excluding carboxylic acids is 1. The van der Waals surface area contributed by atoms with E-state index in [1.807, 2.05) is 52.0 Å². The molecule has 1 N–H and O–H groups in total. The van der Waals surface area contributed by atoms with Crippen LogP contribution in [0.3, 0.4) is 0 Å². The van der Waals surface area contributed by atoms with Crippen LogP contribution in [0.15, 0.2) is 36.4 Å². The number of hydrogen-bond acceptors (Lipinski definition) is 4. The average molecular weight is 419 g/mol. The normalized spacial score (nSPS) is 12.3. The van der Waals surface area contributed by atoms with Gasteiger partial charge in [-0.25, -0.2) is 8.42 Å². The standard InChI is InChI=1S/C22H30N2O4S/c1-15-7-8-21(18(4)12-15)28-10-9-23-22(25)19(5)24(29(6,26)27)20-13-16(2)11-17(3)14-20/h7-8,11-14,19H,9-10H2,1-6H3,(H,23,25). The third-order valence-electron chi connectivity index (χ3n) is 4.54. The van der Waals surface area contributed by atoms with Crippen LogP contribution in [0.4, 0.5) is 5.69 Å². The molecule has 0 heterocycles. The summed E-state index contributed by atoms with van der Waals surface area (Å²) < 4.78 is 31.7. The Bertz CT molecular complexity index is 966. The van der Waals surface area contributed by atoms with Gasteiger partial charge in [0.05, 0.1) is 18.5 Å². The number of ether oxygens (including phenoxy) is 1. The molecule has 0 aliphatic rings. The van der Waals surface area contributed by atoms with Gasteiger partial charge in [0, 0.05) is 0 Å². The molecule has 1 atom stereocenters. The maximum absolute atomic E-state index is 12.6. The Morgan fingerprint density at radius 1 is 1.03 bits per heavy atom. The summed E-state index contributed by atoms with van der Waals surface area (Å²) in [6, 6.07) is 10.5. The van der Waals surface area contributed by atoms with Crippen LogP contribution in [-0.4, -0.2) is 39.8 Å². The molecular formula is C22H30N2O4S. The fourth-order valence-electron chi connectivity index (χ4n) is 3.33. The van der Waals surface area contributed by atoms with E-state index in [4.69, 9.17) is 4.74 Å². The number of anilines is 1. The minimum atomic E-state index is -3.64. The first kappa shape index (κ1) is 22.7. The van der Waals surface area contributed by atoms with Crippen molar-refractivity contribution in [2.75, 3.05) is 23.7 Å². The minimum Gasteiger partial charge on any atom is -0.491 e. The number of amides is 1. The second-order valence-corrected chi connectivity index (χ2v) is 9.35. The highest BCUT2D eigenvalue weighted by Gasteiger charge is 2.29. The maximum Gasteiger partial charge on any atom is 0.243 e. The van der Waals surface area contributed by atoms with E-state index >= 15 is 0 Å². The summed E-state index contributed by atoms with van der Waals surface area (Å²) in [6.45, 7) is 9.93. The molecule has 0 fully saturated rings. The van der Waals surface area contributed by atoms with E-state index < -0.39 is 16.1 Å². The van der Waals surface area contributed by atoms with Crippen LogP contribution in [0.5, 0.6) is 5.75 Å². The first-order chi connectivity index (χ1) is 13.5. The highest BCUT2D eigenvalue weighted by Crippen LogP contribution is 2.24. The lowest BCUT2D eigenvalue weighted by Gasteiger charge is -2.28. The quantitative estimate of drug-likeness (QED) is 0.668. The van der Waals surface area contributed by atoms with Gasteiger partial charge in [-0.15, -0.1) is 0 Å². The van der Waals surface area contributed by atoms with Gasteiger partial charge in [0.2, 0.25) is 15.9 Å². The summed E-state index contributed by atoms with van der Waals surface area (Å²) >= 11 is 0. The number of carbonyl (C=O) groups is 1. The van der Waals surface area contributed by atoms with Gasteiger partial charge in [-0.1, -0.05) is 23.8 Å². The first-order valence-corrected chi connectivity index (χ1v) is 11.4. The molecule has 0 saturated heterocycles. The lowest BCUT2D eigenvalue weighted by Crippen LogP contribution is -2.48. The van der Waals surface area contributed by atoms with Gasteiger partial charge in [0.1, 0.15) is 18.4 Å². The molecule has 0 aromatic heterocycles. The molecule has 0 aliphatic carbocycles. The molecule has 0 saturated carbocycles. The van der Waals surface area contributed by atoms with E-state index in [2.05, 4.69) is 5.32 Å². The summed E-state index contributed by atoms with van der Waals surface area (Å²) in [7, 11) is -3.64. The zero-order chi connectivity index (χ0) is 21.8. The molecule has 0 radical (unpaired) electrons. The molecule has 29 heavy (non-hydrogen) atoms. The van der Waals surface area contributed by atoms with Crippen molar-refractivity contribution in [3.8, 4) is 5.75 Å². The summed E-state index contributed by atoms with van der Waals surface area (Å²) in [5.74, 6) is 0.393. The number of hydrogen-bond donors (Lipinski definition) is 1. The molecule has 0 aliphatic heterocycles. The number of sulfonamides is 1. The molecule has 1 amide bonds. The van der Waals surface area contributed by atoms with Crippen molar-refractivity contribution in [3.63, 3.8) is 0 Å². The lowest BCUT2D eigenvalue weighted by molar-refractivity contribution is -0.121. The highest BCUT2D eigenvalue weighted by molar-refractivity contribution is 7.92. The summed E-state index contributed by atoms with van der Waals surface area (Å²) in [4.78, 5) is 12.6. The molecular weight excluding hydrogens is 388 g/mol. The minimum absolute atomic E-state index is 0.279. The Hall–Kier alpha value is -2.54. The van der Waals surface area contributed by atoms with E-state index in [-0.39, 0.29) is 12.5 Å². The van der Waals surface area contributed by atoms with Crippen molar-refractivity contribution in [2.45, 2.75) is 40.7 Å². The molecule has 0 bridgehead atoms. The number of benzene rings is 2. The van der Waals surface area contributed by atoms with E-state index in [0.29, 0.717) is 12.3 Å². The van der Waals surface area contributed by atoms with Crippen molar-refractivity contribution < 1.29 is 17.9 Å². The molecule has 6 nitrogen and oxygen atoms in total. The average Bonchev–Trinajstić information content (AvgIpc) is 2.58. The zero-order valence-corrected chi connectivity index (χ0v) is 18.8. The van der Waals surface area contributed by atoms with Gasteiger partial charge in [0.15, 0.2) is 0 Å². The van der Waals surface area contributed by atoms with Crippen molar-refractivity contribution >= 4 is 21.6 Å². The molecule has 2 rings (SSSR count). The van der Waals surface area contributed by atoms with Crippen LogP contribution in [-0.2, 0) is 14.8 Å². The molecule has 2 aromatic carbocycles. The second kappa shape index (κ2) is 9.31. The van der Waals surface area contributed by atoms with Crippen LogP contribution in [0.25, 0.3) is 0 Å². The second-order valence-electron chi connectivity index (χ2n) is 7.49. The van der Waals surface area contributed by atoms with E-state index in [1.165, 1.54) is 0 Å². The topological polar surface area (TPSA) is 75.7 Å². The fraction of sp³-hybridized carbons (Fsp3) is 0.409. The van der Waals surface area contributed by atoms with Gasteiger partial charge in [-0.2, -0.15) is 0 Å². The zero-order valence-electron chi connectivity index (χ0n) is 17.9. The maximum atomic E-state index is 12.6. The third-order valence-corrected chi connectivity index (χ3v) is 5.78. The Morgan fingerprint density at radius 2 is 1.66 bits per heavy atom. The van der Waals surface area contributed by atoms with Crippen LogP contribution in [0, 0.1) is 27.7 Å². The predicted octanol–water partition coefficient (Wildman–Crippen LogP) is 3.27. The number of aryl methyl sites for hydroxylation is 4. The Balaban J connectivity index is 2.03. The lowest BCUT2D eigenvalue weighted by atomic mass is 10.1. The highest BCUT2D eigenvalue weighted by atomic mass is 32.2. The van der Waals surface area contributed by atoms with Crippen LogP contribution >= 0.6 is 0 Å². The molecule has 0 spiro atoms. The number of nitrogens with zero attached hydrogens (tertiary/aromatic N) is 1. The van der Waals surface area contributed by atoms with Crippen LogP contribution < -0.4 is 14.4 Å². The number of rotatable bonds is 8. The van der Waals surface area contributed by atoms with Crippen molar-refractivity contribution in [2.24, 2.45) is 0 Å². The predicted molar refractivity (Wildman–Crippen MR) is 117 cm³/mol. The molecule has 2 aromatic rings. The Morgan fingerprint density at radius 3 is 2.21 bits per heavy atom. The molecule has 1 unspecified atom stereocenters. The Kier molecular flexibility index (Phi) is 7.30. The first-order valence-electron chi connectivity index (χ1n) is 9.54. The summed E-state index contributed by atoms with van der Waals surface area (Å²) in [6.07, 6.45) is 1.11. The van der Waals surface area contributed by atoms with Gasteiger partial charge in [-0.05, 0) is 69.5 Å². The van der Waals surface area contributed by atoms with E-state index in [1.54, 1.807) is 19.1 Å². The monoisotopic (exact) mass is 418 g/mol. The SMILES string of the molecule is Cc1cc(C)cc(N(C(C)C(=O)NCCOc2ccc(C)cc2C)S(C)(=O)=O)c1. The van der Waals surface area contributed by atoms with E-state index in [0.717, 1.165) is 38.6 Å². The van der Waals surface area contributed by atoms with Crippen LogP contribution in [0.2, 0.25) is 0 Å². The van der Waals surface area contributed by atoms with Gasteiger partial charge in [-0.3, -0.25) is 9.10 Å². The largest absolute Gasteiger partial charge is 0.491 e.